The number of ether oxygens (including phenoxy) is 2. The number of unbranched alkanes of at least 4 members (excludes halogenated alkanes) is 1. The molecule has 1 aliphatic rings. The molecule has 4 rings (SSSR count). The number of nitrogens with two attached hydrogens (primary N) is 1. The molecule has 0 aliphatic heterocycles. The van der Waals surface area contributed by atoms with E-state index >= 15 is 0 Å². The summed E-state index contributed by atoms with van der Waals surface area (Å²) in [5.74, 6) is -0.941. The molecule has 0 bridgehead atoms. The van der Waals surface area contributed by atoms with Crippen LogP contribution in [0.1, 0.15) is 86.7 Å². The highest BCUT2D eigenvalue weighted by Gasteiger charge is 2.42. The van der Waals surface area contributed by atoms with Gasteiger partial charge in [0.2, 0.25) is 5.78 Å². The van der Waals surface area contributed by atoms with E-state index in [1.807, 2.05) is 42.5 Å². The lowest BCUT2D eigenvalue weighted by Crippen LogP contribution is -2.44. The number of aliphatic hydroxyl groups is 1. The van der Waals surface area contributed by atoms with E-state index in [-0.39, 0.29) is 18.8 Å². The van der Waals surface area contributed by atoms with Crippen LogP contribution >= 0.6 is 15.9 Å². The van der Waals surface area contributed by atoms with Crippen molar-refractivity contribution in [3.05, 3.63) is 75.8 Å². The summed E-state index contributed by atoms with van der Waals surface area (Å²) in [4.78, 5) is 30.4. The summed E-state index contributed by atoms with van der Waals surface area (Å²) in [6.45, 7) is 5.40. The molecule has 1 fully saturated rings. The van der Waals surface area contributed by atoms with Crippen molar-refractivity contribution in [1.29, 1.82) is 0 Å². The van der Waals surface area contributed by atoms with Crippen LogP contribution in [0.2, 0.25) is 0 Å². The van der Waals surface area contributed by atoms with Gasteiger partial charge in [-0.3, -0.25) is 9.69 Å². The summed E-state index contributed by atoms with van der Waals surface area (Å²) in [7, 11) is 1.50. The van der Waals surface area contributed by atoms with Gasteiger partial charge in [0.15, 0.2) is 11.7 Å². The highest BCUT2D eigenvalue weighted by Crippen LogP contribution is 2.35. The number of benzene rings is 3. The predicted octanol–water partition coefficient (Wildman–Crippen LogP) is 7.16. The molecule has 3 aromatic carbocycles. The first-order chi connectivity index (χ1) is 20.7. The standard InChI is InChI=1S/C35H45BrN2O5/c1-4-38(27-15-6-5-7-16-27)23-26-21-25(22-30(36)32(26)37)34(41)43-31(19-10-11-20-39)33(40)35(2,42-3)29-18-12-14-24-13-8-9-17-28(24)29/h8-9,12-14,17-18,21-22,27,31,39H,4-7,10-11,15-16,19-20,23,37H2,1-3H3. The minimum Gasteiger partial charge on any atom is -0.451 e. The van der Waals surface area contributed by atoms with E-state index in [0.29, 0.717) is 46.7 Å². The lowest BCUT2D eigenvalue weighted by Gasteiger charge is -2.34. The van der Waals surface area contributed by atoms with Gasteiger partial charge in [-0.25, -0.2) is 4.79 Å². The monoisotopic (exact) mass is 652 g/mol. The van der Waals surface area contributed by atoms with Crippen molar-refractivity contribution in [2.75, 3.05) is 26.0 Å². The summed E-state index contributed by atoms with van der Waals surface area (Å²) >= 11 is 3.55. The molecular formula is C35H45BrN2O5. The normalized spacial score (nSPS) is 16.2. The smallest absolute Gasteiger partial charge is 0.338 e. The molecule has 1 aliphatic carbocycles. The molecule has 0 saturated heterocycles. The van der Waals surface area contributed by atoms with E-state index in [1.165, 1.54) is 39.2 Å². The summed E-state index contributed by atoms with van der Waals surface area (Å²) in [5.41, 5.74) is 7.62. The SMILES string of the molecule is CCN(Cc1cc(C(=O)OC(CCCCO)C(=O)C(C)(OC)c2cccc3ccccc23)cc(Br)c1N)C1CCCCC1. The Kier molecular flexibility index (Phi) is 11.8. The number of methoxy groups -OCH3 is 1. The van der Waals surface area contributed by atoms with Gasteiger partial charge in [0.05, 0.1) is 11.3 Å². The van der Waals surface area contributed by atoms with E-state index < -0.39 is 17.7 Å². The van der Waals surface area contributed by atoms with Crippen molar-refractivity contribution in [1.82, 2.24) is 4.90 Å². The number of aliphatic hydroxyl groups excluding tert-OH is 1. The summed E-state index contributed by atoms with van der Waals surface area (Å²) in [6.07, 6.45) is 6.29. The van der Waals surface area contributed by atoms with Crippen LogP contribution < -0.4 is 5.73 Å². The topological polar surface area (TPSA) is 102 Å². The Morgan fingerprint density at radius 2 is 1.81 bits per heavy atom. The van der Waals surface area contributed by atoms with E-state index in [0.717, 1.165) is 22.9 Å². The van der Waals surface area contributed by atoms with Crippen molar-refractivity contribution < 1.29 is 24.2 Å². The van der Waals surface area contributed by atoms with Gasteiger partial charge < -0.3 is 20.3 Å². The minimum atomic E-state index is -1.36. The van der Waals surface area contributed by atoms with Crippen LogP contribution in [0.15, 0.2) is 59.1 Å². The van der Waals surface area contributed by atoms with Gasteiger partial charge in [-0.15, -0.1) is 0 Å². The number of anilines is 1. The Bertz CT molecular complexity index is 1400. The number of rotatable bonds is 14. The van der Waals surface area contributed by atoms with E-state index in [2.05, 4.69) is 27.8 Å². The first kappa shape index (κ1) is 33.1. The molecule has 0 amide bonds. The number of ketones is 1. The van der Waals surface area contributed by atoms with Crippen molar-refractivity contribution in [2.45, 2.75) is 89.5 Å². The number of hydrogen-bond acceptors (Lipinski definition) is 7. The predicted molar refractivity (Wildman–Crippen MR) is 175 cm³/mol. The van der Waals surface area contributed by atoms with Crippen LogP contribution in [-0.4, -0.2) is 54.2 Å². The maximum absolute atomic E-state index is 14.2. The number of carbonyl (C=O) groups excluding carboxylic acids is 2. The number of carbonyl (C=O) groups is 2. The van der Waals surface area contributed by atoms with Crippen LogP contribution in [0.25, 0.3) is 10.8 Å². The highest BCUT2D eigenvalue weighted by atomic mass is 79.9. The first-order valence-electron chi connectivity index (χ1n) is 15.4. The Hall–Kier alpha value is -2.78. The van der Waals surface area contributed by atoms with Crippen LogP contribution in [0.4, 0.5) is 5.69 Å². The van der Waals surface area contributed by atoms with Crippen molar-refractivity contribution in [3.8, 4) is 0 Å². The van der Waals surface area contributed by atoms with Crippen molar-refractivity contribution in [3.63, 3.8) is 0 Å². The van der Waals surface area contributed by atoms with Gasteiger partial charge in [-0.05, 0) is 95.5 Å². The van der Waals surface area contributed by atoms with Crippen LogP contribution in [0.3, 0.4) is 0 Å². The van der Waals surface area contributed by atoms with Crippen LogP contribution in [0.5, 0.6) is 0 Å². The number of fused-ring (bicyclic) bond motifs is 1. The summed E-state index contributed by atoms with van der Waals surface area (Å²) in [6, 6.07) is 17.5. The first-order valence-corrected chi connectivity index (χ1v) is 16.2. The van der Waals surface area contributed by atoms with Gasteiger partial charge in [0.1, 0.15) is 0 Å². The van der Waals surface area contributed by atoms with E-state index in [1.54, 1.807) is 19.1 Å². The molecule has 43 heavy (non-hydrogen) atoms. The molecule has 0 radical (unpaired) electrons. The van der Waals surface area contributed by atoms with E-state index in [4.69, 9.17) is 15.2 Å². The Morgan fingerprint density at radius 1 is 1.09 bits per heavy atom. The molecular weight excluding hydrogens is 608 g/mol. The number of esters is 1. The average Bonchev–Trinajstić information content (AvgIpc) is 3.04. The molecule has 232 valence electrons. The van der Waals surface area contributed by atoms with Gasteiger partial charge >= 0.3 is 5.97 Å². The van der Waals surface area contributed by atoms with E-state index in [9.17, 15) is 14.7 Å². The molecule has 2 atom stereocenters. The maximum atomic E-state index is 14.2. The quantitative estimate of drug-likeness (QED) is 0.108. The van der Waals surface area contributed by atoms with Crippen molar-refractivity contribution in [2.24, 2.45) is 0 Å². The molecule has 0 aromatic heterocycles. The van der Waals surface area contributed by atoms with Gasteiger partial charge in [0, 0.05) is 30.8 Å². The molecule has 0 heterocycles. The van der Waals surface area contributed by atoms with Gasteiger partial charge in [-0.1, -0.05) is 68.7 Å². The fraction of sp³-hybridized carbons (Fsp3) is 0.486. The zero-order valence-corrected chi connectivity index (χ0v) is 27.2. The fourth-order valence-corrected chi connectivity index (χ4v) is 6.76. The zero-order chi connectivity index (χ0) is 31.0. The third-order valence-electron chi connectivity index (χ3n) is 8.92. The third-order valence-corrected chi connectivity index (χ3v) is 9.58. The lowest BCUT2D eigenvalue weighted by atomic mass is 9.84. The fourth-order valence-electron chi connectivity index (χ4n) is 6.26. The molecule has 1 saturated carbocycles. The van der Waals surface area contributed by atoms with Gasteiger partial charge in [0.25, 0.3) is 0 Å². The summed E-state index contributed by atoms with van der Waals surface area (Å²) < 4.78 is 12.5. The third kappa shape index (κ3) is 7.66. The lowest BCUT2D eigenvalue weighted by molar-refractivity contribution is -0.150. The second-order valence-electron chi connectivity index (χ2n) is 11.6. The number of hydrogen-bond donors (Lipinski definition) is 2. The zero-order valence-electron chi connectivity index (χ0n) is 25.6. The number of Topliss-reactive ketones (excluding diaryl/α,β-unsaturated/α-hetero) is 1. The molecule has 2 unspecified atom stereocenters. The molecule has 8 heteroatoms. The van der Waals surface area contributed by atoms with Gasteiger partial charge in [-0.2, -0.15) is 0 Å². The maximum Gasteiger partial charge on any atom is 0.338 e. The number of halogens is 1. The highest BCUT2D eigenvalue weighted by molar-refractivity contribution is 9.10. The Labute approximate surface area is 263 Å². The molecule has 0 spiro atoms. The Morgan fingerprint density at radius 3 is 2.51 bits per heavy atom. The number of nitrogens with zero attached hydrogens (tertiary/aromatic N) is 1. The molecule has 7 nitrogen and oxygen atoms in total. The molecule has 3 aromatic rings. The number of nitrogen functional groups attached to an aromatic ring is 1. The minimum absolute atomic E-state index is 0.0110. The second-order valence-corrected chi connectivity index (χ2v) is 12.5. The average molecular weight is 654 g/mol. The second kappa shape index (κ2) is 15.3. The summed E-state index contributed by atoms with van der Waals surface area (Å²) in [5, 5.41) is 11.3. The molecule has 3 N–H and O–H groups in total. The Balaban J connectivity index is 1.62. The largest absolute Gasteiger partial charge is 0.451 e. The van der Waals surface area contributed by atoms with Crippen LogP contribution in [-0.2, 0) is 26.4 Å². The van der Waals surface area contributed by atoms with Crippen molar-refractivity contribution >= 4 is 44.1 Å². The van der Waals surface area contributed by atoms with Crippen LogP contribution in [0, 0.1) is 0 Å².